The van der Waals surface area contributed by atoms with Crippen molar-refractivity contribution in [3.8, 4) is 11.1 Å². The highest BCUT2D eigenvalue weighted by Gasteiger charge is 2.40. The summed E-state index contributed by atoms with van der Waals surface area (Å²) in [6.07, 6.45) is -0.753. The summed E-state index contributed by atoms with van der Waals surface area (Å²) in [6, 6.07) is 35.0. The van der Waals surface area contributed by atoms with Crippen LogP contribution in [-0.2, 0) is 22.1 Å². The maximum atomic E-state index is 13.3. The average molecular weight is 528 g/mol. The van der Waals surface area contributed by atoms with E-state index in [-0.39, 0.29) is 25.4 Å². The van der Waals surface area contributed by atoms with Gasteiger partial charge in [-0.25, -0.2) is 4.79 Å². The molecule has 4 aromatic carbocycles. The molecule has 5 rings (SSSR count). The second kappa shape index (κ2) is 11.0. The molecule has 0 aliphatic heterocycles. The number of ether oxygens (including phenoxy) is 1. The summed E-state index contributed by atoms with van der Waals surface area (Å²) in [4.78, 5) is 33.4. The van der Waals surface area contributed by atoms with Gasteiger partial charge in [-0.1, -0.05) is 109 Å². The van der Waals surface area contributed by atoms with Gasteiger partial charge < -0.3 is 19.8 Å². The summed E-state index contributed by atoms with van der Waals surface area (Å²) in [5, 5.41) is 2.90. The molecular weight excluding hydrogens is 497 g/mol. The lowest BCUT2D eigenvalue weighted by Crippen LogP contribution is -2.54. The predicted octanol–water partition coefficient (Wildman–Crippen LogP) is 5.93. The minimum absolute atomic E-state index is 0.114. The highest BCUT2D eigenvalue weighted by atomic mass is 31.2. The lowest BCUT2D eigenvalue weighted by Gasteiger charge is -2.35. The molecule has 1 amide bonds. The number of nitrogens with one attached hydrogen (secondary N) is 1. The van der Waals surface area contributed by atoms with Crippen molar-refractivity contribution in [3.05, 3.63) is 131 Å². The van der Waals surface area contributed by atoms with Crippen LogP contribution in [0.25, 0.3) is 11.1 Å². The van der Waals surface area contributed by atoms with Crippen LogP contribution in [0.4, 0.5) is 4.79 Å². The zero-order valence-corrected chi connectivity index (χ0v) is 21.8. The van der Waals surface area contributed by atoms with Crippen molar-refractivity contribution >= 4 is 13.7 Å². The topological polar surface area (TPSA) is 95.9 Å². The van der Waals surface area contributed by atoms with Crippen LogP contribution in [0.15, 0.2) is 109 Å². The maximum Gasteiger partial charge on any atom is 0.407 e. The zero-order chi connectivity index (χ0) is 26.6. The van der Waals surface area contributed by atoms with E-state index in [1.165, 1.54) is 0 Å². The number of fused-ring (bicyclic) bond motifs is 3. The van der Waals surface area contributed by atoms with Crippen LogP contribution in [0.5, 0.6) is 0 Å². The Morgan fingerprint density at radius 1 is 0.737 bits per heavy atom. The van der Waals surface area contributed by atoms with Crippen molar-refractivity contribution in [2.24, 2.45) is 0 Å². The Morgan fingerprint density at radius 2 is 1.18 bits per heavy atom. The molecule has 1 aliphatic carbocycles. The second-order valence-corrected chi connectivity index (χ2v) is 11.5. The number of alkyl carbamates (subject to hydrolysis) is 1. The summed E-state index contributed by atoms with van der Waals surface area (Å²) >= 11 is 0. The molecule has 0 bridgehead atoms. The van der Waals surface area contributed by atoms with E-state index in [9.17, 15) is 19.1 Å². The van der Waals surface area contributed by atoms with Gasteiger partial charge in [0.2, 0.25) is 0 Å². The van der Waals surface area contributed by atoms with E-state index in [1.807, 2.05) is 97.1 Å². The fourth-order valence-electron chi connectivity index (χ4n) is 5.52. The van der Waals surface area contributed by atoms with Crippen molar-refractivity contribution in [1.29, 1.82) is 0 Å². The third-order valence-electron chi connectivity index (χ3n) is 6.99. The highest BCUT2D eigenvalue weighted by Crippen LogP contribution is 2.45. The van der Waals surface area contributed by atoms with Crippen molar-refractivity contribution in [3.63, 3.8) is 0 Å². The standard InChI is InChI=1S/C31H30NO5P/c33-30(37-21-29-27-17-9-7-15-25(27)26-16-8-10-18-28(26)29)32-31(22-38(34,35)36,19-23-11-3-1-4-12-23)20-24-13-5-2-6-14-24/h1-18,29H,19-22H2,(H,32,33)(H2,34,35,36). The molecule has 0 aromatic heterocycles. The van der Waals surface area contributed by atoms with Crippen LogP contribution in [0.3, 0.4) is 0 Å². The first-order valence-electron chi connectivity index (χ1n) is 12.6. The smallest absolute Gasteiger partial charge is 0.407 e. The number of rotatable bonds is 9. The van der Waals surface area contributed by atoms with E-state index >= 15 is 0 Å². The number of carbonyl (C=O) groups excluding carboxylic acids is 1. The van der Waals surface area contributed by atoms with Gasteiger partial charge in [0.05, 0.1) is 11.7 Å². The Balaban J connectivity index is 1.41. The Bertz CT molecular complexity index is 1360. The van der Waals surface area contributed by atoms with Gasteiger partial charge in [0.25, 0.3) is 0 Å². The molecule has 3 N–H and O–H groups in total. The predicted molar refractivity (Wildman–Crippen MR) is 148 cm³/mol. The summed E-state index contributed by atoms with van der Waals surface area (Å²) < 4.78 is 18.1. The van der Waals surface area contributed by atoms with E-state index in [0.717, 1.165) is 33.4 Å². The van der Waals surface area contributed by atoms with Gasteiger partial charge in [0, 0.05) is 5.92 Å². The minimum Gasteiger partial charge on any atom is -0.449 e. The summed E-state index contributed by atoms with van der Waals surface area (Å²) in [6.45, 7) is 0.114. The third kappa shape index (κ3) is 6.05. The van der Waals surface area contributed by atoms with Gasteiger partial charge >= 0.3 is 13.7 Å². The SMILES string of the molecule is O=C(NC(Cc1ccccc1)(Cc1ccccc1)CP(=O)(O)O)OCC1c2ccccc2-c2ccccc21. The van der Waals surface area contributed by atoms with Gasteiger partial charge in [-0.2, -0.15) is 0 Å². The quantitative estimate of drug-likeness (QED) is 0.235. The van der Waals surface area contributed by atoms with E-state index in [1.54, 1.807) is 0 Å². The molecule has 0 heterocycles. The fraction of sp³-hybridized carbons (Fsp3) is 0.194. The van der Waals surface area contributed by atoms with Crippen LogP contribution in [-0.4, -0.2) is 34.2 Å². The third-order valence-corrected chi connectivity index (χ3v) is 8.01. The maximum absolute atomic E-state index is 13.3. The largest absolute Gasteiger partial charge is 0.449 e. The normalized spacial score (nSPS) is 13.0. The lowest BCUT2D eigenvalue weighted by atomic mass is 9.86. The molecule has 194 valence electrons. The van der Waals surface area contributed by atoms with Crippen LogP contribution in [0, 0.1) is 0 Å². The first-order chi connectivity index (χ1) is 18.3. The highest BCUT2D eigenvalue weighted by molar-refractivity contribution is 7.51. The average Bonchev–Trinajstić information content (AvgIpc) is 3.21. The van der Waals surface area contributed by atoms with Crippen LogP contribution in [0.1, 0.15) is 28.2 Å². The molecular formula is C31H30NO5P. The Hall–Kier alpha value is -3.70. The first kappa shape index (κ1) is 25.9. The molecule has 0 unspecified atom stereocenters. The Morgan fingerprint density at radius 3 is 1.66 bits per heavy atom. The minimum atomic E-state index is -4.51. The molecule has 0 fully saturated rings. The van der Waals surface area contributed by atoms with Crippen LogP contribution in [0.2, 0.25) is 0 Å². The van der Waals surface area contributed by atoms with Crippen LogP contribution >= 0.6 is 7.60 Å². The molecule has 6 nitrogen and oxygen atoms in total. The molecule has 0 spiro atoms. The van der Waals surface area contributed by atoms with Gasteiger partial charge in [0.1, 0.15) is 6.61 Å². The molecule has 38 heavy (non-hydrogen) atoms. The van der Waals surface area contributed by atoms with Crippen LogP contribution < -0.4 is 5.32 Å². The second-order valence-electron chi connectivity index (χ2n) is 9.88. The van der Waals surface area contributed by atoms with E-state index in [0.29, 0.717) is 0 Å². The number of hydrogen-bond donors (Lipinski definition) is 3. The summed E-state index contributed by atoms with van der Waals surface area (Å²) in [5.74, 6) is -0.118. The number of benzene rings is 4. The molecule has 4 aromatic rings. The van der Waals surface area contributed by atoms with Crippen molar-refractivity contribution < 1.29 is 23.9 Å². The van der Waals surface area contributed by atoms with Crippen molar-refractivity contribution in [1.82, 2.24) is 5.32 Å². The molecule has 0 radical (unpaired) electrons. The van der Waals surface area contributed by atoms with E-state index in [2.05, 4.69) is 17.4 Å². The lowest BCUT2D eigenvalue weighted by molar-refractivity contribution is 0.130. The zero-order valence-electron chi connectivity index (χ0n) is 20.9. The first-order valence-corrected chi connectivity index (χ1v) is 14.4. The molecule has 1 aliphatic rings. The summed E-state index contributed by atoms with van der Waals surface area (Å²) in [5.41, 5.74) is 4.89. The Kier molecular flexibility index (Phi) is 7.48. The molecule has 0 atom stereocenters. The van der Waals surface area contributed by atoms with E-state index in [4.69, 9.17) is 4.74 Å². The van der Waals surface area contributed by atoms with Gasteiger partial charge in [-0.15, -0.1) is 0 Å². The van der Waals surface area contributed by atoms with Gasteiger partial charge in [-0.3, -0.25) is 4.57 Å². The Labute approximate surface area is 222 Å². The van der Waals surface area contributed by atoms with Crippen molar-refractivity contribution in [2.45, 2.75) is 24.3 Å². The summed E-state index contributed by atoms with van der Waals surface area (Å²) in [7, 11) is -4.51. The van der Waals surface area contributed by atoms with E-state index < -0.39 is 25.4 Å². The molecule has 7 heteroatoms. The number of amides is 1. The molecule has 0 saturated heterocycles. The van der Waals surface area contributed by atoms with Gasteiger partial charge in [-0.05, 0) is 46.2 Å². The van der Waals surface area contributed by atoms with Crippen molar-refractivity contribution in [2.75, 3.05) is 12.8 Å². The number of carbonyl (C=O) groups is 1. The van der Waals surface area contributed by atoms with Gasteiger partial charge in [0.15, 0.2) is 0 Å². The molecule has 0 saturated carbocycles. The monoisotopic (exact) mass is 527 g/mol. The fourth-order valence-corrected chi connectivity index (χ4v) is 6.61. The number of hydrogen-bond acceptors (Lipinski definition) is 3.